The number of carbonyl (C=O) groups is 3. The lowest BCUT2D eigenvalue weighted by atomic mass is 9.68. The first-order valence-electron chi connectivity index (χ1n) is 11.4. The van der Waals surface area contributed by atoms with Gasteiger partial charge in [0.05, 0.1) is 22.2 Å². The van der Waals surface area contributed by atoms with Gasteiger partial charge in [-0.2, -0.15) is 0 Å². The standard InChI is InChI=1S/C25H29NO5/c1-15-18(5-6-19-20(15)13-30-23(19)28)4-3-17-7-9-25(10-8-17)11-12-26(24(25)29)21-14-31-22(27)16(21)2/h5-6,17H,3-4,7-14H2,1-2H3. The molecule has 0 N–H and O–H groups in total. The molecule has 0 radical (unpaired) electrons. The Kier molecular flexibility index (Phi) is 4.91. The van der Waals surface area contributed by atoms with Gasteiger partial charge in [0.1, 0.15) is 13.2 Å². The van der Waals surface area contributed by atoms with Crippen LogP contribution in [0.4, 0.5) is 0 Å². The minimum atomic E-state index is -0.301. The number of fused-ring (bicyclic) bond motifs is 1. The largest absolute Gasteiger partial charge is 0.457 e. The van der Waals surface area contributed by atoms with E-state index in [0.29, 0.717) is 30.2 Å². The van der Waals surface area contributed by atoms with Crippen LogP contribution >= 0.6 is 0 Å². The summed E-state index contributed by atoms with van der Waals surface area (Å²) in [4.78, 5) is 38.5. The van der Waals surface area contributed by atoms with Gasteiger partial charge in [0.15, 0.2) is 0 Å². The van der Waals surface area contributed by atoms with Gasteiger partial charge in [-0.15, -0.1) is 0 Å². The van der Waals surface area contributed by atoms with Crippen LogP contribution in [0.5, 0.6) is 0 Å². The zero-order valence-corrected chi connectivity index (χ0v) is 18.3. The second-order valence-corrected chi connectivity index (χ2v) is 9.57. The summed E-state index contributed by atoms with van der Waals surface area (Å²) in [5, 5.41) is 0. The fourth-order valence-corrected chi connectivity index (χ4v) is 5.84. The second kappa shape index (κ2) is 7.50. The van der Waals surface area contributed by atoms with E-state index in [4.69, 9.17) is 9.47 Å². The monoisotopic (exact) mass is 423 g/mol. The molecule has 1 aromatic carbocycles. The summed E-state index contributed by atoms with van der Waals surface area (Å²) in [6.45, 7) is 5.16. The maximum Gasteiger partial charge on any atom is 0.338 e. The molecular formula is C25H29NO5. The van der Waals surface area contributed by atoms with Crippen LogP contribution in [0.15, 0.2) is 23.4 Å². The molecule has 1 saturated carbocycles. The number of hydrogen-bond acceptors (Lipinski definition) is 5. The van der Waals surface area contributed by atoms with E-state index in [2.05, 4.69) is 13.0 Å². The maximum absolute atomic E-state index is 13.3. The van der Waals surface area contributed by atoms with Crippen LogP contribution in [0.2, 0.25) is 0 Å². The van der Waals surface area contributed by atoms with E-state index in [9.17, 15) is 14.4 Å². The van der Waals surface area contributed by atoms with Crippen molar-refractivity contribution in [2.75, 3.05) is 13.2 Å². The zero-order valence-electron chi connectivity index (χ0n) is 18.3. The van der Waals surface area contributed by atoms with Gasteiger partial charge in [-0.1, -0.05) is 6.07 Å². The molecule has 6 nitrogen and oxygen atoms in total. The summed E-state index contributed by atoms with van der Waals surface area (Å²) in [5.74, 6) is 0.301. The summed E-state index contributed by atoms with van der Waals surface area (Å²) in [7, 11) is 0. The van der Waals surface area contributed by atoms with Crippen LogP contribution in [0.3, 0.4) is 0 Å². The summed E-state index contributed by atoms with van der Waals surface area (Å²) in [5.41, 5.74) is 5.34. The van der Waals surface area contributed by atoms with Gasteiger partial charge in [0.2, 0.25) is 5.91 Å². The molecular weight excluding hydrogens is 394 g/mol. The minimum Gasteiger partial charge on any atom is -0.457 e. The molecule has 1 amide bonds. The summed E-state index contributed by atoms with van der Waals surface area (Å²) in [6.07, 6.45) is 6.98. The van der Waals surface area contributed by atoms with E-state index in [0.717, 1.165) is 56.2 Å². The van der Waals surface area contributed by atoms with Crippen LogP contribution in [-0.2, 0) is 32.1 Å². The van der Waals surface area contributed by atoms with Gasteiger partial charge in [-0.05, 0) is 81.9 Å². The number of hydrogen-bond donors (Lipinski definition) is 0. The van der Waals surface area contributed by atoms with E-state index in [1.54, 1.807) is 6.92 Å². The maximum atomic E-state index is 13.3. The van der Waals surface area contributed by atoms with Crippen LogP contribution in [0.1, 0.15) is 72.5 Å². The number of nitrogens with zero attached hydrogens (tertiary/aromatic N) is 1. The Morgan fingerprint density at radius 1 is 1.00 bits per heavy atom. The Bertz CT molecular complexity index is 999. The average molecular weight is 424 g/mol. The molecule has 3 heterocycles. The van der Waals surface area contributed by atoms with Crippen LogP contribution < -0.4 is 0 Å². The van der Waals surface area contributed by atoms with Crippen molar-refractivity contribution in [3.8, 4) is 0 Å². The highest BCUT2D eigenvalue weighted by atomic mass is 16.5. The van der Waals surface area contributed by atoms with Crippen molar-refractivity contribution in [2.45, 2.75) is 65.4 Å². The molecule has 164 valence electrons. The second-order valence-electron chi connectivity index (χ2n) is 9.57. The Balaban J connectivity index is 1.20. The highest BCUT2D eigenvalue weighted by Gasteiger charge is 2.50. The number of aryl methyl sites for hydroxylation is 1. The van der Waals surface area contributed by atoms with Crippen LogP contribution in [0, 0.1) is 18.3 Å². The Labute approximate surface area is 182 Å². The summed E-state index contributed by atoms with van der Waals surface area (Å²) < 4.78 is 10.3. The third kappa shape index (κ3) is 3.27. The molecule has 2 fully saturated rings. The number of rotatable bonds is 4. The van der Waals surface area contributed by atoms with Gasteiger partial charge in [0.25, 0.3) is 0 Å². The fraction of sp³-hybridized carbons (Fsp3) is 0.560. The molecule has 4 aliphatic rings. The third-order valence-corrected chi connectivity index (χ3v) is 8.08. The van der Waals surface area contributed by atoms with Crippen molar-refractivity contribution in [1.29, 1.82) is 0 Å². The van der Waals surface area contributed by atoms with Gasteiger partial charge < -0.3 is 14.4 Å². The number of likely N-dealkylation sites (tertiary alicyclic amines) is 1. The Hall–Kier alpha value is -2.63. The molecule has 1 saturated heterocycles. The summed E-state index contributed by atoms with van der Waals surface area (Å²) in [6, 6.07) is 3.98. The van der Waals surface area contributed by atoms with Gasteiger partial charge in [0, 0.05) is 12.1 Å². The molecule has 1 spiro atoms. The lowest BCUT2D eigenvalue weighted by Crippen LogP contribution is -2.37. The predicted molar refractivity (Wildman–Crippen MR) is 113 cm³/mol. The molecule has 0 unspecified atom stereocenters. The topological polar surface area (TPSA) is 72.9 Å². The number of cyclic esters (lactones) is 2. The van der Waals surface area contributed by atoms with Crippen molar-refractivity contribution in [2.24, 2.45) is 11.3 Å². The Morgan fingerprint density at radius 3 is 2.45 bits per heavy atom. The normalized spacial score (nSPS) is 27.9. The lowest BCUT2D eigenvalue weighted by Gasteiger charge is -2.36. The molecule has 3 aliphatic heterocycles. The zero-order chi connectivity index (χ0) is 21.8. The van der Waals surface area contributed by atoms with E-state index < -0.39 is 0 Å². The molecule has 0 aromatic heterocycles. The first-order valence-corrected chi connectivity index (χ1v) is 11.4. The van der Waals surface area contributed by atoms with Crippen molar-refractivity contribution in [1.82, 2.24) is 4.90 Å². The molecule has 1 aromatic rings. The smallest absolute Gasteiger partial charge is 0.338 e. The van der Waals surface area contributed by atoms with Gasteiger partial charge >= 0.3 is 11.9 Å². The highest BCUT2D eigenvalue weighted by Crippen LogP contribution is 2.48. The minimum absolute atomic E-state index is 0.192. The van der Waals surface area contributed by atoms with Crippen molar-refractivity contribution in [3.05, 3.63) is 45.7 Å². The molecule has 0 atom stereocenters. The van der Waals surface area contributed by atoms with Gasteiger partial charge in [-0.3, -0.25) is 4.79 Å². The van der Waals surface area contributed by atoms with Crippen molar-refractivity contribution >= 4 is 17.8 Å². The number of carbonyl (C=O) groups excluding carboxylic acids is 3. The number of benzene rings is 1. The van der Waals surface area contributed by atoms with E-state index >= 15 is 0 Å². The fourth-order valence-electron chi connectivity index (χ4n) is 5.84. The van der Waals surface area contributed by atoms with Crippen LogP contribution in [0.25, 0.3) is 0 Å². The van der Waals surface area contributed by atoms with E-state index in [1.807, 2.05) is 11.0 Å². The highest BCUT2D eigenvalue weighted by molar-refractivity contribution is 5.94. The average Bonchev–Trinajstić information content (AvgIpc) is 3.41. The van der Waals surface area contributed by atoms with Crippen molar-refractivity contribution in [3.63, 3.8) is 0 Å². The molecule has 6 heteroatoms. The third-order valence-electron chi connectivity index (χ3n) is 8.08. The number of amides is 1. The summed E-state index contributed by atoms with van der Waals surface area (Å²) >= 11 is 0. The first kappa shape index (κ1) is 20.3. The quantitative estimate of drug-likeness (QED) is 0.688. The van der Waals surface area contributed by atoms with Crippen molar-refractivity contribution < 1.29 is 23.9 Å². The van der Waals surface area contributed by atoms with E-state index in [-0.39, 0.29) is 29.9 Å². The van der Waals surface area contributed by atoms with E-state index in [1.165, 1.54) is 11.1 Å². The SMILES string of the molecule is CC1=C(N2CCC3(CCC(CCc4ccc5c(c4C)COC5=O)CC3)C2=O)COC1=O. The number of ether oxygens (including phenoxy) is 2. The predicted octanol–water partition coefficient (Wildman–Crippen LogP) is 3.84. The first-order chi connectivity index (χ1) is 14.9. The lowest BCUT2D eigenvalue weighted by molar-refractivity contribution is -0.138. The van der Waals surface area contributed by atoms with Gasteiger partial charge in [-0.25, -0.2) is 9.59 Å². The molecule has 5 rings (SSSR count). The van der Waals surface area contributed by atoms with Crippen LogP contribution in [-0.4, -0.2) is 35.9 Å². The molecule has 31 heavy (non-hydrogen) atoms. The molecule has 1 aliphatic carbocycles. The number of esters is 2. The molecule has 0 bridgehead atoms. The Morgan fingerprint density at radius 2 is 1.74 bits per heavy atom.